The van der Waals surface area contributed by atoms with E-state index < -0.39 is 0 Å². The van der Waals surface area contributed by atoms with Crippen LogP contribution >= 0.6 is 15.9 Å². The zero-order valence-corrected chi connectivity index (χ0v) is 9.61. The number of pyridine rings is 2. The highest BCUT2D eigenvalue weighted by molar-refractivity contribution is 9.10. The highest BCUT2D eigenvalue weighted by Gasteiger charge is 1.94. The third-order valence-electron chi connectivity index (χ3n) is 1.92. The Morgan fingerprint density at radius 3 is 2.87 bits per heavy atom. The molecule has 0 amide bonds. The molecule has 76 valence electrons. The summed E-state index contributed by atoms with van der Waals surface area (Å²) in [5.41, 5.74) is 2.14. The Morgan fingerprint density at radius 1 is 1.20 bits per heavy atom. The summed E-state index contributed by atoms with van der Waals surface area (Å²) in [6.45, 7) is 0.756. The molecule has 0 bridgehead atoms. The zero-order valence-electron chi connectivity index (χ0n) is 8.02. The first kappa shape index (κ1) is 10.1. The van der Waals surface area contributed by atoms with Gasteiger partial charge in [0.05, 0.1) is 11.9 Å². The molecule has 0 radical (unpaired) electrons. The predicted molar refractivity (Wildman–Crippen MR) is 63.5 cm³/mol. The van der Waals surface area contributed by atoms with Crippen LogP contribution < -0.4 is 5.32 Å². The van der Waals surface area contributed by atoms with Gasteiger partial charge in [-0.25, -0.2) is 0 Å². The van der Waals surface area contributed by atoms with E-state index in [-0.39, 0.29) is 0 Å². The predicted octanol–water partition coefficient (Wildman–Crippen LogP) is 2.85. The van der Waals surface area contributed by atoms with Gasteiger partial charge >= 0.3 is 0 Å². The molecule has 0 aliphatic heterocycles. The lowest BCUT2D eigenvalue weighted by atomic mass is 10.3. The Morgan fingerprint density at radius 2 is 2.13 bits per heavy atom. The van der Waals surface area contributed by atoms with Crippen LogP contribution in [-0.4, -0.2) is 9.97 Å². The molecule has 0 atom stereocenters. The summed E-state index contributed by atoms with van der Waals surface area (Å²) in [5.74, 6) is 0. The SMILES string of the molecule is Brc1cncc(NCc2cccnc2)c1. The van der Waals surface area contributed by atoms with Gasteiger partial charge in [0.1, 0.15) is 0 Å². The van der Waals surface area contributed by atoms with Gasteiger partial charge in [0.25, 0.3) is 0 Å². The third-order valence-corrected chi connectivity index (χ3v) is 2.36. The van der Waals surface area contributed by atoms with Gasteiger partial charge in [0.15, 0.2) is 0 Å². The number of nitrogens with zero attached hydrogens (tertiary/aromatic N) is 2. The number of aromatic nitrogens is 2. The topological polar surface area (TPSA) is 37.8 Å². The number of rotatable bonds is 3. The van der Waals surface area contributed by atoms with Crippen LogP contribution in [-0.2, 0) is 6.54 Å². The fraction of sp³-hybridized carbons (Fsp3) is 0.0909. The van der Waals surface area contributed by atoms with Crippen molar-refractivity contribution in [1.29, 1.82) is 0 Å². The van der Waals surface area contributed by atoms with E-state index in [4.69, 9.17) is 0 Å². The maximum Gasteiger partial charge on any atom is 0.0540 e. The molecular formula is C11H10BrN3. The quantitative estimate of drug-likeness (QED) is 0.926. The molecule has 0 aromatic carbocycles. The number of anilines is 1. The molecule has 0 saturated heterocycles. The summed E-state index contributed by atoms with van der Waals surface area (Å²) in [4.78, 5) is 8.12. The smallest absolute Gasteiger partial charge is 0.0540 e. The molecule has 4 heteroatoms. The molecule has 2 aromatic rings. The van der Waals surface area contributed by atoms with Crippen molar-refractivity contribution in [3.05, 3.63) is 53.0 Å². The van der Waals surface area contributed by atoms with Gasteiger partial charge in [0.2, 0.25) is 0 Å². The van der Waals surface area contributed by atoms with Crippen molar-refractivity contribution in [2.45, 2.75) is 6.54 Å². The van der Waals surface area contributed by atoms with Gasteiger partial charge in [-0.2, -0.15) is 0 Å². The lowest BCUT2D eigenvalue weighted by Gasteiger charge is -2.05. The first-order chi connectivity index (χ1) is 7.34. The van der Waals surface area contributed by atoms with Crippen molar-refractivity contribution >= 4 is 21.6 Å². The molecular weight excluding hydrogens is 254 g/mol. The fourth-order valence-electron chi connectivity index (χ4n) is 1.22. The minimum absolute atomic E-state index is 0.756. The summed E-state index contributed by atoms with van der Waals surface area (Å²) >= 11 is 3.37. The molecule has 2 rings (SSSR count). The highest BCUT2D eigenvalue weighted by atomic mass is 79.9. The van der Waals surface area contributed by atoms with E-state index in [1.807, 2.05) is 24.4 Å². The average Bonchev–Trinajstić information content (AvgIpc) is 2.28. The molecule has 3 nitrogen and oxygen atoms in total. The van der Waals surface area contributed by atoms with Crippen molar-refractivity contribution in [3.8, 4) is 0 Å². The van der Waals surface area contributed by atoms with Gasteiger partial charge in [-0.05, 0) is 33.6 Å². The Kier molecular flexibility index (Phi) is 3.29. The van der Waals surface area contributed by atoms with Crippen LogP contribution in [0.3, 0.4) is 0 Å². The monoisotopic (exact) mass is 263 g/mol. The van der Waals surface area contributed by atoms with Crippen molar-refractivity contribution < 1.29 is 0 Å². The normalized spacial score (nSPS) is 9.93. The lowest BCUT2D eigenvalue weighted by molar-refractivity contribution is 1.10. The van der Waals surface area contributed by atoms with Crippen LogP contribution in [0.25, 0.3) is 0 Å². The maximum absolute atomic E-state index is 4.07. The Hall–Kier alpha value is -1.42. The molecule has 15 heavy (non-hydrogen) atoms. The molecule has 2 heterocycles. The second-order valence-corrected chi connectivity index (χ2v) is 4.02. The molecule has 1 N–H and O–H groups in total. The van der Waals surface area contributed by atoms with E-state index in [0.717, 1.165) is 22.3 Å². The third kappa shape index (κ3) is 3.02. The van der Waals surface area contributed by atoms with E-state index in [9.17, 15) is 0 Å². The van der Waals surface area contributed by atoms with Crippen molar-refractivity contribution in [2.75, 3.05) is 5.32 Å². The van der Waals surface area contributed by atoms with Gasteiger partial charge in [-0.3, -0.25) is 9.97 Å². The minimum Gasteiger partial charge on any atom is -0.380 e. The Labute approximate surface area is 96.7 Å². The largest absolute Gasteiger partial charge is 0.380 e. The number of hydrogen-bond donors (Lipinski definition) is 1. The van der Waals surface area contributed by atoms with E-state index in [0.29, 0.717) is 0 Å². The van der Waals surface area contributed by atoms with Crippen molar-refractivity contribution in [2.24, 2.45) is 0 Å². The molecule has 0 aliphatic carbocycles. The number of nitrogens with one attached hydrogen (secondary N) is 1. The summed E-state index contributed by atoms with van der Waals surface area (Å²) in [6, 6.07) is 5.95. The lowest BCUT2D eigenvalue weighted by Crippen LogP contribution is -1.99. The molecule has 0 saturated carbocycles. The second kappa shape index (κ2) is 4.89. The standard InChI is InChI=1S/C11H10BrN3/c12-10-4-11(8-14-7-10)15-6-9-2-1-3-13-5-9/h1-5,7-8,15H,6H2. The van der Waals surface area contributed by atoms with Crippen LogP contribution in [0.15, 0.2) is 47.5 Å². The number of halogens is 1. The number of hydrogen-bond acceptors (Lipinski definition) is 3. The molecule has 0 spiro atoms. The summed E-state index contributed by atoms with van der Waals surface area (Å²) in [6.07, 6.45) is 7.17. The van der Waals surface area contributed by atoms with Gasteiger partial charge < -0.3 is 5.32 Å². The molecule has 0 unspecified atom stereocenters. The fourth-order valence-corrected chi connectivity index (χ4v) is 1.58. The maximum atomic E-state index is 4.07. The first-order valence-electron chi connectivity index (χ1n) is 4.58. The summed E-state index contributed by atoms with van der Waals surface area (Å²) in [5, 5.41) is 3.27. The molecule has 0 aliphatic rings. The Bertz CT molecular complexity index is 431. The van der Waals surface area contributed by atoms with Crippen LogP contribution in [0, 0.1) is 0 Å². The second-order valence-electron chi connectivity index (χ2n) is 3.11. The average molecular weight is 264 g/mol. The van der Waals surface area contributed by atoms with Gasteiger partial charge in [-0.1, -0.05) is 6.07 Å². The summed E-state index contributed by atoms with van der Waals surface area (Å²) < 4.78 is 0.971. The molecule has 0 fully saturated rings. The van der Waals surface area contributed by atoms with Crippen molar-refractivity contribution in [1.82, 2.24) is 9.97 Å². The zero-order chi connectivity index (χ0) is 10.5. The first-order valence-corrected chi connectivity index (χ1v) is 5.37. The summed E-state index contributed by atoms with van der Waals surface area (Å²) in [7, 11) is 0. The van der Waals surface area contributed by atoms with Crippen molar-refractivity contribution in [3.63, 3.8) is 0 Å². The Balaban J connectivity index is 1.99. The van der Waals surface area contributed by atoms with E-state index in [1.54, 1.807) is 18.6 Å². The van der Waals surface area contributed by atoms with Crippen LogP contribution in [0.5, 0.6) is 0 Å². The van der Waals surface area contributed by atoms with Crippen LogP contribution in [0.1, 0.15) is 5.56 Å². The van der Waals surface area contributed by atoms with Gasteiger partial charge in [0, 0.05) is 29.6 Å². The van der Waals surface area contributed by atoms with Gasteiger partial charge in [-0.15, -0.1) is 0 Å². The van der Waals surface area contributed by atoms with E-state index in [2.05, 4.69) is 31.2 Å². The van der Waals surface area contributed by atoms with E-state index >= 15 is 0 Å². The molecule has 2 aromatic heterocycles. The van der Waals surface area contributed by atoms with E-state index in [1.165, 1.54) is 0 Å². The van der Waals surface area contributed by atoms with Crippen LogP contribution in [0.4, 0.5) is 5.69 Å². The highest BCUT2D eigenvalue weighted by Crippen LogP contribution is 2.14. The minimum atomic E-state index is 0.756. The van der Waals surface area contributed by atoms with Crippen LogP contribution in [0.2, 0.25) is 0 Å².